The molecule has 3 aliphatic rings. The third-order valence-electron chi connectivity index (χ3n) is 8.19. The monoisotopic (exact) mass is 454 g/mol. The Balaban J connectivity index is 1.24. The van der Waals surface area contributed by atoms with Crippen molar-refractivity contribution in [2.45, 2.75) is 50.2 Å². The van der Waals surface area contributed by atoms with E-state index in [9.17, 15) is 18.7 Å². The Labute approximate surface area is 193 Å². The smallest absolute Gasteiger partial charge is 0.256 e. The lowest BCUT2D eigenvalue weighted by Gasteiger charge is -2.37. The van der Waals surface area contributed by atoms with E-state index >= 15 is 0 Å². The Hall–Kier alpha value is -2.31. The van der Waals surface area contributed by atoms with Gasteiger partial charge < -0.3 is 15.7 Å². The number of rotatable bonds is 7. The van der Waals surface area contributed by atoms with E-state index in [1.54, 1.807) is 0 Å². The molecule has 5 atom stereocenters. The van der Waals surface area contributed by atoms with Crippen LogP contribution in [0.1, 0.15) is 43.2 Å². The van der Waals surface area contributed by atoms with Gasteiger partial charge in [-0.05, 0) is 60.8 Å². The van der Waals surface area contributed by atoms with E-state index in [-0.39, 0.29) is 17.9 Å². The summed E-state index contributed by atoms with van der Waals surface area (Å²) in [5.41, 5.74) is -0.336. The molecule has 1 heterocycles. The predicted molar refractivity (Wildman–Crippen MR) is 122 cm³/mol. The first-order valence-corrected chi connectivity index (χ1v) is 12.2. The van der Waals surface area contributed by atoms with E-state index in [2.05, 4.69) is 10.6 Å². The minimum Gasteiger partial charge on any atom is -0.375 e. The first-order chi connectivity index (χ1) is 16.0. The summed E-state index contributed by atoms with van der Waals surface area (Å²) >= 11 is 0. The average molecular weight is 455 g/mol. The summed E-state index contributed by atoms with van der Waals surface area (Å²) in [6.45, 7) is 1.35. The maximum absolute atomic E-state index is 14.1. The van der Waals surface area contributed by atoms with E-state index in [1.165, 1.54) is 12.1 Å². The van der Waals surface area contributed by atoms with E-state index < -0.39 is 17.2 Å². The molecule has 1 saturated heterocycles. The Morgan fingerprint density at radius 2 is 1.85 bits per heavy atom. The number of hydrogen-bond donors (Lipinski definition) is 3. The molecular formula is C27H32F2N2O2. The molecular weight excluding hydrogens is 422 g/mol. The van der Waals surface area contributed by atoms with Crippen molar-refractivity contribution in [1.29, 1.82) is 0 Å². The summed E-state index contributed by atoms with van der Waals surface area (Å²) in [6.07, 6.45) is 5.43. The third kappa shape index (κ3) is 4.31. The molecule has 0 spiro atoms. The largest absolute Gasteiger partial charge is 0.375 e. The van der Waals surface area contributed by atoms with Crippen LogP contribution in [0.2, 0.25) is 0 Å². The van der Waals surface area contributed by atoms with E-state index in [4.69, 9.17) is 0 Å². The van der Waals surface area contributed by atoms with Crippen molar-refractivity contribution >= 4 is 5.91 Å². The van der Waals surface area contributed by atoms with Gasteiger partial charge in [0.2, 0.25) is 0 Å². The number of halogens is 2. The lowest BCUT2D eigenvalue weighted by atomic mass is 9.73. The van der Waals surface area contributed by atoms with Gasteiger partial charge in [0.05, 0.1) is 0 Å². The van der Waals surface area contributed by atoms with E-state index in [1.807, 2.05) is 30.3 Å². The standard InChI is InChI=1S/C27H32F2N2O2/c28-20-12-11-17(23(29)14-20)13-24-25-21(15-30-24)22(25)16-31-26(32)27(33,18-7-3-1-4-8-18)19-9-5-2-6-10-19/h1,3-4,7-8,11-12,14,19,21-22,24-25,30,33H,2,5-6,9-10,13,15-16H2,(H,31,32)/t21?,22?,24?,25?,27-/m1/s1. The molecule has 0 aromatic heterocycles. The van der Waals surface area contributed by atoms with Gasteiger partial charge in [0.15, 0.2) is 5.60 Å². The molecule has 2 aromatic rings. The Morgan fingerprint density at radius 1 is 1.09 bits per heavy atom. The first kappa shape index (κ1) is 22.5. The lowest BCUT2D eigenvalue weighted by Crippen LogP contribution is -2.51. The Bertz CT molecular complexity index is 995. The molecule has 0 radical (unpaired) electrons. The van der Waals surface area contributed by atoms with Crippen LogP contribution in [0, 0.1) is 35.3 Å². The predicted octanol–water partition coefficient (Wildman–Crippen LogP) is 3.93. The summed E-state index contributed by atoms with van der Waals surface area (Å²) in [7, 11) is 0. The second kappa shape index (κ2) is 9.15. The molecule has 5 rings (SSSR count). The fourth-order valence-electron chi connectivity index (χ4n) is 6.31. The van der Waals surface area contributed by atoms with Crippen LogP contribution in [0.15, 0.2) is 48.5 Å². The number of carbonyl (C=O) groups is 1. The van der Waals surface area contributed by atoms with Crippen LogP contribution in [0.5, 0.6) is 0 Å². The van der Waals surface area contributed by atoms with E-state index in [0.717, 1.165) is 44.7 Å². The molecule has 1 amide bonds. The number of aliphatic hydroxyl groups is 1. The van der Waals surface area contributed by atoms with Gasteiger partial charge in [-0.1, -0.05) is 55.7 Å². The summed E-state index contributed by atoms with van der Waals surface area (Å²) in [5, 5.41) is 18.2. The summed E-state index contributed by atoms with van der Waals surface area (Å²) in [4.78, 5) is 13.4. The highest BCUT2D eigenvalue weighted by Gasteiger charge is 2.58. The molecule has 1 aliphatic heterocycles. The zero-order valence-corrected chi connectivity index (χ0v) is 18.8. The van der Waals surface area contributed by atoms with Crippen molar-refractivity contribution < 1.29 is 18.7 Å². The molecule has 2 aliphatic carbocycles. The maximum atomic E-state index is 14.1. The van der Waals surface area contributed by atoms with Crippen molar-refractivity contribution in [3.05, 3.63) is 71.3 Å². The van der Waals surface area contributed by atoms with Crippen LogP contribution in [-0.2, 0) is 16.8 Å². The number of fused-ring (bicyclic) bond motifs is 1. The van der Waals surface area contributed by atoms with Crippen molar-refractivity contribution in [1.82, 2.24) is 10.6 Å². The van der Waals surface area contributed by atoms with Crippen molar-refractivity contribution in [2.24, 2.45) is 23.7 Å². The third-order valence-corrected chi connectivity index (χ3v) is 8.19. The Morgan fingerprint density at radius 3 is 2.58 bits per heavy atom. The van der Waals surface area contributed by atoms with Gasteiger partial charge in [0.1, 0.15) is 11.6 Å². The van der Waals surface area contributed by atoms with Crippen molar-refractivity contribution in [3.63, 3.8) is 0 Å². The van der Waals surface area contributed by atoms with Gasteiger partial charge in [-0.3, -0.25) is 4.79 Å². The van der Waals surface area contributed by atoms with Crippen molar-refractivity contribution in [3.8, 4) is 0 Å². The number of piperidine rings is 1. The Kier molecular flexibility index (Phi) is 6.23. The summed E-state index contributed by atoms with van der Waals surface area (Å²) in [6, 6.07) is 13.2. The summed E-state index contributed by atoms with van der Waals surface area (Å²) in [5.74, 6) is -0.346. The van der Waals surface area contributed by atoms with Gasteiger partial charge in [0.25, 0.3) is 5.91 Å². The minimum atomic E-state index is -1.51. The second-order valence-corrected chi connectivity index (χ2v) is 10.0. The lowest BCUT2D eigenvalue weighted by molar-refractivity contribution is -0.149. The molecule has 33 heavy (non-hydrogen) atoms. The maximum Gasteiger partial charge on any atom is 0.256 e. The number of amides is 1. The molecule has 3 N–H and O–H groups in total. The topological polar surface area (TPSA) is 61.4 Å². The normalized spacial score (nSPS) is 28.7. The molecule has 0 bridgehead atoms. The first-order valence-electron chi connectivity index (χ1n) is 12.2. The number of carbonyl (C=O) groups excluding carboxylic acids is 1. The van der Waals surface area contributed by atoms with Crippen LogP contribution >= 0.6 is 0 Å². The number of benzene rings is 2. The number of nitrogens with one attached hydrogen (secondary N) is 2. The molecule has 176 valence electrons. The van der Waals surface area contributed by atoms with Gasteiger partial charge >= 0.3 is 0 Å². The van der Waals surface area contributed by atoms with Crippen LogP contribution < -0.4 is 10.6 Å². The van der Waals surface area contributed by atoms with Gasteiger partial charge in [-0.25, -0.2) is 8.78 Å². The van der Waals surface area contributed by atoms with Gasteiger partial charge in [-0.15, -0.1) is 0 Å². The fourth-order valence-corrected chi connectivity index (χ4v) is 6.31. The highest BCUT2D eigenvalue weighted by atomic mass is 19.1. The molecule has 6 heteroatoms. The molecule has 4 nitrogen and oxygen atoms in total. The van der Waals surface area contributed by atoms with Crippen LogP contribution in [-0.4, -0.2) is 30.1 Å². The SMILES string of the molecule is O=C(NCC1C2CNC(Cc3ccc(F)cc3F)C12)[C@@](O)(c1ccccc1)C1CCCCC1. The zero-order valence-electron chi connectivity index (χ0n) is 18.8. The second-order valence-electron chi connectivity index (χ2n) is 10.0. The molecule has 2 saturated carbocycles. The van der Waals surface area contributed by atoms with Gasteiger partial charge in [0, 0.05) is 24.6 Å². The molecule has 4 unspecified atom stereocenters. The van der Waals surface area contributed by atoms with Gasteiger partial charge in [-0.2, -0.15) is 0 Å². The van der Waals surface area contributed by atoms with Crippen LogP contribution in [0.4, 0.5) is 8.78 Å². The minimum absolute atomic E-state index is 0.0804. The molecule has 3 fully saturated rings. The quantitative estimate of drug-likeness (QED) is 0.594. The number of hydrogen-bond acceptors (Lipinski definition) is 3. The van der Waals surface area contributed by atoms with Crippen LogP contribution in [0.3, 0.4) is 0 Å². The van der Waals surface area contributed by atoms with Crippen LogP contribution in [0.25, 0.3) is 0 Å². The van der Waals surface area contributed by atoms with E-state index in [0.29, 0.717) is 41.8 Å². The molecule has 2 aromatic carbocycles. The highest BCUT2D eigenvalue weighted by molar-refractivity contribution is 5.86. The zero-order chi connectivity index (χ0) is 23.0. The fraction of sp³-hybridized carbons (Fsp3) is 0.519. The van der Waals surface area contributed by atoms with Crippen molar-refractivity contribution in [2.75, 3.05) is 13.1 Å². The summed E-state index contributed by atoms with van der Waals surface area (Å²) < 4.78 is 27.3. The highest BCUT2D eigenvalue weighted by Crippen LogP contribution is 2.52. The average Bonchev–Trinajstić information content (AvgIpc) is 3.38.